The number of hydrogen-bond acceptors (Lipinski definition) is 5. The van der Waals surface area contributed by atoms with Crippen molar-refractivity contribution in [3.05, 3.63) is 53.7 Å². The molecule has 1 amide bonds. The highest BCUT2D eigenvalue weighted by Crippen LogP contribution is 2.17. The lowest BCUT2D eigenvalue weighted by Crippen LogP contribution is -2.21. The topological polar surface area (TPSA) is 101 Å². The van der Waals surface area contributed by atoms with Crippen LogP contribution in [0.15, 0.2) is 36.7 Å². The van der Waals surface area contributed by atoms with Crippen LogP contribution in [-0.4, -0.2) is 30.5 Å². The quantitative estimate of drug-likeness (QED) is 0.786. The normalized spacial score (nSPS) is 10.4. The van der Waals surface area contributed by atoms with Crippen molar-refractivity contribution >= 4 is 11.7 Å². The number of aromatic nitrogens is 5. The monoisotopic (exact) mass is 321 g/mol. The third-order valence-electron chi connectivity index (χ3n) is 3.32. The van der Waals surface area contributed by atoms with Gasteiger partial charge in [0.25, 0.3) is 5.82 Å². The average Bonchev–Trinajstić information content (AvgIpc) is 3.14. The van der Waals surface area contributed by atoms with Gasteiger partial charge in [0.15, 0.2) is 0 Å². The van der Waals surface area contributed by atoms with Crippen LogP contribution >= 0.6 is 0 Å². The third kappa shape index (κ3) is 3.30. The molecular weight excluding hydrogens is 306 g/mol. The molecule has 0 fully saturated rings. The molecule has 0 aliphatic carbocycles. The van der Waals surface area contributed by atoms with Crippen molar-refractivity contribution in [3.8, 4) is 11.8 Å². The van der Waals surface area contributed by atoms with Crippen LogP contribution in [0.5, 0.6) is 0 Å². The molecule has 0 radical (unpaired) electrons. The number of hydrogen-bond donors (Lipinski definition) is 1. The molecule has 120 valence electrons. The van der Waals surface area contributed by atoms with Crippen LogP contribution in [0.3, 0.4) is 0 Å². The molecule has 1 N–H and O–H groups in total. The Hall–Kier alpha value is -3.47. The van der Waals surface area contributed by atoms with Crippen LogP contribution in [0.4, 0.5) is 5.82 Å². The largest absolute Gasteiger partial charge is 0.309 e. The Morgan fingerprint density at radius 2 is 2.00 bits per heavy atom. The zero-order valence-corrected chi connectivity index (χ0v) is 13.3. The van der Waals surface area contributed by atoms with E-state index in [0.717, 1.165) is 16.9 Å². The molecule has 0 aliphatic rings. The summed E-state index contributed by atoms with van der Waals surface area (Å²) in [6.45, 7) is 3.83. The standard InChI is InChI=1S/C16H15N7O/c1-11-3-5-13(6-4-11)23-15(7-12(2)20-23)19-16(24)9-22-10-18-14(8-17)21-22/h3-7,10H,9H2,1-2H3,(H,19,24). The van der Waals surface area contributed by atoms with E-state index in [1.807, 2.05) is 44.2 Å². The first-order valence-corrected chi connectivity index (χ1v) is 7.28. The maximum Gasteiger partial charge on any atom is 0.252 e. The highest BCUT2D eigenvalue weighted by Gasteiger charge is 2.12. The second-order valence-electron chi connectivity index (χ2n) is 5.34. The first kappa shape index (κ1) is 15.4. The molecule has 0 atom stereocenters. The number of carbonyl (C=O) groups is 1. The van der Waals surface area contributed by atoms with E-state index in [1.165, 1.54) is 11.0 Å². The molecule has 3 rings (SSSR count). The molecule has 0 saturated heterocycles. The number of amides is 1. The van der Waals surface area contributed by atoms with Gasteiger partial charge < -0.3 is 5.32 Å². The second-order valence-corrected chi connectivity index (χ2v) is 5.34. The molecule has 8 nitrogen and oxygen atoms in total. The van der Waals surface area contributed by atoms with Crippen LogP contribution in [0.2, 0.25) is 0 Å². The second kappa shape index (κ2) is 6.34. The fourth-order valence-electron chi connectivity index (χ4n) is 2.22. The van der Waals surface area contributed by atoms with Gasteiger partial charge in [-0.15, -0.1) is 5.10 Å². The molecule has 0 bridgehead atoms. The van der Waals surface area contributed by atoms with E-state index in [4.69, 9.17) is 5.26 Å². The van der Waals surface area contributed by atoms with Crippen LogP contribution in [0.25, 0.3) is 5.69 Å². The maximum atomic E-state index is 12.2. The molecule has 0 unspecified atom stereocenters. The SMILES string of the molecule is Cc1ccc(-n2nc(C)cc2NC(=O)Cn2cnc(C#N)n2)cc1. The summed E-state index contributed by atoms with van der Waals surface area (Å²) in [6.07, 6.45) is 1.35. The zero-order valence-electron chi connectivity index (χ0n) is 13.3. The minimum atomic E-state index is -0.280. The smallest absolute Gasteiger partial charge is 0.252 e. The molecule has 2 aromatic heterocycles. The van der Waals surface area contributed by atoms with Gasteiger partial charge in [0.1, 0.15) is 24.8 Å². The van der Waals surface area contributed by atoms with E-state index in [0.29, 0.717) is 5.82 Å². The number of anilines is 1. The first-order chi connectivity index (χ1) is 11.5. The average molecular weight is 321 g/mol. The van der Waals surface area contributed by atoms with Crippen LogP contribution in [-0.2, 0) is 11.3 Å². The maximum absolute atomic E-state index is 12.2. The van der Waals surface area contributed by atoms with Crippen molar-refractivity contribution < 1.29 is 4.79 Å². The number of carbonyl (C=O) groups excluding carboxylic acids is 1. The van der Waals surface area contributed by atoms with Gasteiger partial charge in [-0.25, -0.2) is 14.3 Å². The van der Waals surface area contributed by atoms with E-state index in [-0.39, 0.29) is 18.3 Å². The Morgan fingerprint density at radius 1 is 1.25 bits per heavy atom. The van der Waals surface area contributed by atoms with E-state index < -0.39 is 0 Å². The summed E-state index contributed by atoms with van der Waals surface area (Å²) in [5, 5.41) is 19.8. The Bertz CT molecular complexity index is 915. The van der Waals surface area contributed by atoms with Gasteiger partial charge in [-0.2, -0.15) is 10.4 Å². The summed E-state index contributed by atoms with van der Waals surface area (Å²) in [6, 6.07) is 11.5. The molecule has 0 spiro atoms. The van der Waals surface area contributed by atoms with Crippen molar-refractivity contribution in [1.82, 2.24) is 24.5 Å². The highest BCUT2D eigenvalue weighted by molar-refractivity contribution is 5.90. The molecule has 0 aliphatic heterocycles. The summed E-state index contributed by atoms with van der Waals surface area (Å²) in [5.74, 6) is 0.322. The van der Waals surface area contributed by atoms with Gasteiger partial charge in [0, 0.05) is 6.07 Å². The number of nitriles is 1. The van der Waals surface area contributed by atoms with Crippen molar-refractivity contribution in [2.75, 3.05) is 5.32 Å². The molecule has 2 heterocycles. The first-order valence-electron chi connectivity index (χ1n) is 7.28. The van der Waals surface area contributed by atoms with Gasteiger partial charge in [0.2, 0.25) is 5.91 Å². The number of nitrogens with zero attached hydrogens (tertiary/aromatic N) is 6. The number of aryl methyl sites for hydroxylation is 2. The summed E-state index contributed by atoms with van der Waals surface area (Å²) in [7, 11) is 0. The summed E-state index contributed by atoms with van der Waals surface area (Å²) in [5.41, 5.74) is 2.79. The Labute approximate surface area is 138 Å². The van der Waals surface area contributed by atoms with Crippen LogP contribution < -0.4 is 5.32 Å². The van der Waals surface area contributed by atoms with Crippen molar-refractivity contribution in [2.45, 2.75) is 20.4 Å². The molecular formula is C16H15N7O. The van der Waals surface area contributed by atoms with Gasteiger partial charge in [-0.3, -0.25) is 4.79 Å². The molecule has 1 aromatic carbocycles. The lowest BCUT2D eigenvalue weighted by atomic mass is 10.2. The zero-order chi connectivity index (χ0) is 17.1. The van der Waals surface area contributed by atoms with Crippen molar-refractivity contribution in [2.24, 2.45) is 0 Å². The van der Waals surface area contributed by atoms with Gasteiger partial charge >= 0.3 is 0 Å². The van der Waals surface area contributed by atoms with E-state index >= 15 is 0 Å². The van der Waals surface area contributed by atoms with Crippen LogP contribution in [0, 0.1) is 25.2 Å². The summed E-state index contributed by atoms with van der Waals surface area (Å²) in [4.78, 5) is 16.0. The van der Waals surface area contributed by atoms with Gasteiger partial charge in [-0.1, -0.05) is 17.7 Å². The van der Waals surface area contributed by atoms with Gasteiger partial charge in [-0.05, 0) is 26.0 Å². The predicted octanol–water partition coefficient (Wildman–Crippen LogP) is 1.59. The minimum absolute atomic E-state index is 0.0309. The lowest BCUT2D eigenvalue weighted by Gasteiger charge is -2.09. The molecule has 0 saturated carbocycles. The number of benzene rings is 1. The Balaban J connectivity index is 1.78. The van der Waals surface area contributed by atoms with Crippen molar-refractivity contribution in [1.29, 1.82) is 5.26 Å². The van der Waals surface area contributed by atoms with Crippen molar-refractivity contribution in [3.63, 3.8) is 0 Å². The third-order valence-corrected chi connectivity index (χ3v) is 3.32. The number of nitrogens with one attached hydrogen (secondary N) is 1. The Morgan fingerprint density at radius 3 is 2.67 bits per heavy atom. The molecule has 8 heteroatoms. The van der Waals surface area contributed by atoms with E-state index in [2.05, 4.69) is 20.5 Å². The van der Waals surface area contributed by atoms with Gasteiger partial charge in [0.05, 0.1) is 11.4 Å². The van der Waals surface area contributed by atoms with Crippen LogP contribution in [0.1, 0.15) is 17.1 Å². The fourth-order valence-corrected chi connectivity index (χ4v) is 2.22. The summed E-state index contributed by atoms with van der Waals surface area (Å²) < 4.78 is 2.99. The molecule has 3 aromatic rings. The summed E-state index contributed by atoms with van der Waals surface area (Å²) >= 11 is 0. The van der Waals surface area contributed by atoms with E-state index in [1.54, 1.807) is 10.7 Å². The predicted molar refractivity (Wildman–Crippen MR) is 86.4 cm³/mol. The lowest BCUT2D eigenvalue weighted by molar-refractivity contribution is -0.116. The minimum Gasteiger partial charge on any atom is -0.309 e. The van der Waals surface area contributed by atoms with E-state index in [9.17, 15) is 4.79 Å². The number of rotatable bonds is 4. The Kier molecular flexibility index (Phi) is 4.07. The fraction of sp³-hybridized carbons (Fsp3) is 0.188. The molecule has 24 heavy (non-hydrogen) atoms. The highest BCUT2D eigenvalue weighted by atomic mass is 16.2.